The molecule has 0 aliphatic carbocycles. The van der Waals surface area contributed by atoms with Crippen molar-refractivity contribution in [3.63, 3.8) is 0 Å². The predicted octanol–water partition coefficient (Wildman–Crippen LogP) is -1.08. The minimum absolute atomic E-state index is 0.0891. The van der Waals surface area contributed by atoms with Crippen molar-refractivity contribution >= 4 is 29.6 Å². The Bertz CT molecular complexity index is 868. The summed E-state index contributed by atoms with van der Waals surface area (Å²) in [6.45, 7) is 4.33. The average molecular weight is 412 g/mol. The Hall–Kier alpha value is -3.35. The number of hydrogen-bond acceptors (Lipinski definition) is 11. The molecule has 2 heterocycles. The molecule has 1 N–H and O–H groups in total. The Kier molecular flexibility index (Phi) is 6.98. The van der Waals surface area contributed by atoms with Crippen LogP contribution in [0.2, 0.25) is 0 Å². The summed E-state index contributed by atoms with van der Waals surface area (Å²) in [5.41, 5.74) is -0.923. The number of rotatable bonds is 6. The van der Waals surface area contributed by atoms with E-state index in [0.717, 1.165) is 24.7 Å². The Labute approximate surface area is 164 Å². The van der Waals surface area contributed by atoms with E-state index in [-0.39, 0.29) is 12.4 Å². The van der Waals surface area contributed by atoms with E-state index in [2.05, 4.69) is 15.4 Å². The van der Waals surface area contributed by atoms with Gasteiger partial charge in [0, 0.05) is 27.7 Å². The normalized spacial score (nSPS) is 23.2. The quantitative estimate of drug-likeness (QED) is 0.446. The van der Waals surface area contributed by atoms with Gasteiger partial charge >= 0.3 is 23.6 Å². The van der Waals surface area contributed by atoms with Gasteiger partial charge in [-0.2, -0.15) is 14.8 Å². The van der Waals surface area contributed by atoms with Crippen molar-refractivity contribution < 1.29 is 38.1 Å². The second-order valence-corrected chi connectivity index (χ2v) is 6.07. The molecule has 0 bridgehead atoms. The summed E-state index contributed by atoms with van der Waals surface area (Å²) in [5, 5.41) is 6.18. The van der Waals surface area contributed by atoms with Gasteiger partial charge in [0.15, 0.2) is 24.3 Å². The fraction of sp³-hybridized carbons (Fsp3) is 0.562. The molecule has 1 saturated heterocycles. The first-order valence-corrected chi connectivity index (χ1v) is 8.45. The minimum atomic E-state index is -1.32. The first kappa shape index (κ1) is 21.9. The number of nitrogens with zero attached hydrogens (tertiary/aromatic N) is 3. The van der Waals surface area contributed by atoms with Crippen LogP contribution in [0.15, 0.2) is 11.0 Å². The lowest BCUT2D eigenvalue weighted by Gasteiger charge is -2.23. The van der Waals surface area contributed by atoms with Crippen LogP contribution in [-0.4, -0.2) is 63.5 Å². The Balaban J connectivity index is 2.40. The van der Waals surface area contributed by atoms with Crippen LogP contribution in [0.25, 0.3) is 0 Å². The van der Waals surface area contributed by atoms with Crippen LogP contribution in [0.5, 0.6) is 0 Å². The van der Waals surface area contributed by atoms with Crippen LogP contribution in [-0.2, 0) is 38.1 Å². The zero-order valence-corrected chi connectivity index (χ0v) is 16.1. The number of esters is 3. The van der Waals surface area contributed by atoms with Crippen molar-refractivity contribution in [2.75, 3.05) is 11.9 Å². The maximum Gasteiger partial charge on any atom is 0.368 e. The molecule has 4 unspecified atom stereocenters. The zero-order chi connectivity index (χ0) is 21.7. The Morgan fingerprint density at radius 1 is 1.07 bits per heavy atom. The third-order valence-corrected chi connectivity index (χ3v) is 3.60. The molecule has 1 amide bonds. The maximum atomic E-state index is 12.4. The van der Waals surface area contributed by atoms with Crippen LogP contribution in [0.3, 0.4) is 0 Å². The topological polar surface area (TPSA) is 165 Å². The lowest BCUT2D eigenvalue weighted by Crippen LogP contribution is -2.42. The van der Waals surface area contributed by atoms with E-state index < -0.39 is 54.0 Å². The number of anilines is 1. The highest BCUT2D eigenvalue weighted by Crippen LogP contribution is 2.33. The second-order valence-electron chi connectivity index (χ2n) is 6.07. The van der Waals surface area contributed by atoms with Crippen molar-refractivity contribution in [2.24, 2.45) is 0 Å². The molecule has 1 fully saturated rings. The number of aromatic nitrogens is 3. The third-order valence-electron chi connectivity index (χ3n) is 3.60. The number of carbonyl (C=O) groups is 4. The molecule has 4 atom stereocenters. The molecule has 1 aromatic rings. The molecule has 158 valence electrons. The summed E-state index contributed by atoms with van der Waals surface area (Å²) >= 11 is 0. The van der Waals surface area contributed by atoms with Gasteiger partial charge in [0.1, 0.15) is 12.7 Å². The van der Waals surface area contributed by atoms with Gasteiger partial charge in [0.05, 0.1) is 6.20 Å². The number of nitrogens with one attached hydrogen (secondary N) is 1. The molecule has 2 rings (SSSR count). The zero-order valence-electron chi connectivity index (χ0n) is 16.1. The van der Waals surface area contributed by atoms with Crippen LogP contribution in [0.1, 0.15) is 33.9 Å². The summed E-state index contributed by atoms with van der Waals surface area (Å²) in [6.07, 6.45) is -3.71. The fourth-order valence-electron chi connectivity index (χ4n) is 2.65. The van der Waals surface area contributed by atoms with E-state index in [1.165, 1.54) is 13.8 Å². The standard InChI is InChI=1S/C16H20N4O9/c1-7(21)18-12-5-17-20(16(25)19-12)15-14(28-10(4)24)13(27-9(3)23)11(29-15)6-26-8(2)22/h5,11,13-15H,6H2,1-4H3,(H,18,19,21,25). The predicted molar refractivity (Wildman–Crippen MR) is 92.2 cm³/mol. The van der Waals surface area contributed by atoms with Crippen molar-refractivity contribution in [3.8, 4) is 0 Å². The van der Waals surface area contributed by atoms with E-state index >= 15 is 0 Å². The van der Waals surface area contributed by atoms with Crippen molar-refractivity contribution in [1.29, 1.82) is 0 Å². The fourth-order valence-corrected chi connectivity index (χ4v) is 2.65. The van der Waals surface area contributed by atoms with Gasteiger partial charge in [-0.1, -0.05) is 0 Å². The molecule has 1 aromatic heterocycles. The molecule has 0 spiro atoms. The monoisotopic (exact) mass is 412 g/mol. The van der Waals surface area contributed by atoms with Crippen molar-refractivity contribution in [2.45, 2.75) is 52.2 Å². The van der Waals surface area contributed by atoms with E-state index in [1.54, 1.807) is 0 Å². The van der Waals surface area contributed by atoms with E-state index in [0.29, 0.717) is 0 Å². The summed E-state index contributed by atoms with van der Waals surface area (Å²) in [4.78, 5) is 61.3. The molecule has 0 aromatic carbocycles. The summed E-state index contributed by atoms with van der Waals surface area (Å²) < 4.78 is 21.7. The number of hydrogen-bond donors (Lipinski definition) is 1. The number of ether oxygens (including phenoxy) is 4. The van der Waals surface area contributed by atoms with E-state index in [1.807, 2.05) is 0 Å². The highest BCUT2D eigenvalue weighted by atomic mass is 16.7. The maximum absolute atomic E-state index is 12.4. The first-order valence-electron chi connectivity index (χ1n) is 8.45. The van der Waals surface area contributed by atoms with E-state index in [9.17, 15) is 24.0 Å². The lowest BCUT2D eigenvalue weighted by atomic mass is 10.1. The Morgan fingerprint density at radius 2 is 1.69 bits per heavy atom. The first-order chi connectivity index (χ1) is 13.6. The van der Waals surface area contributed by atoms with Gasteiger partial charge in [-0.15, -0.1) is 0 Å². The van der Waals surface area contributed by atoms with E-state index in [4.69, 9.17) is 18.9 Å². The van der Waals surface area contributed by atoms with Crippen LogP contribution < -0.4 is 11.0 Å². The highest BCUT2D eigenvalue weighted by Gasteiger charge is 2.51. The molecular weight excluding hydrogens is 392 g/mol. The number of amides is 1. The molecule has 13 heteroatoms. The second kappa shape index (κ2) is 9.23. The third kappa shape index (κ3) is 5.81. The molecule has 0 radical (unpaired) electrons. The average Bonchev–Trinajstić information content (AvgIpc) is 2.89. The molecule has 13 nitrogen and oxygen atoms in total. The van der Waals surface area contributed by atoms with Gasteiger partial charge in [-0.3, -0.25) is 19.2 Å². The summed E-state index contributed by atoms with van der Waals surface area (Å²) in [6, 6.07) is 0. The molecule has 1 aliphatic heterocycles. The van der Waals surface area contributed by atoms with Crippen molar-refractivity contribution in [1.82, 2.24) is 14.8 Å². The van der Waals surface area contributed by atoms with Crippen molar-refractivity contribution in [3.05, 3.63) is 16.7 Å². The minimum Gasteiger partial charge on any atom is -0.463 e. The SMILES string of the molecule is CC(=O)Nc1cnn(C2OC(COC(C)=O)C(OC(C)=O)C2OC(C)=O)c(=O)n1. The summed E-state index contributed by atoms with van der Waals surface area (Å²) in [7, 11) is 0. The highest BCUT2D eigenvalue weighted by molar-refractivity contribution is 5.87. The number of carbonyl (C=O) groups excluding carboxylic acids is 4. The van der Waals surface area contributed by atoms with Gasteiger partial charge in [0.25, 0.3) is 0 Å². The van der Waals surface area contributed by atoms with Crippen LogP contribution in [0.4, 0.5) is 5.82 Å². The lowest BCUT2D eigenvalue weighted by molar-refractivity contribution is -0.166. The smallest absolute Gasteiger partial charge is 0.368 e. The summed E-state index contributed by atoms with van der Waals surface area (Å²) in [5.74, 6) is -2.59. The molecule has 1 aliphatic rings. The van der Waals surface area contributed by atoms with Gasteiger partial charge < -0.3 is 24.3 Å². The molecular formula is C16H20N4O9. The van der Waals surface area contributed by atoms with Gasteiger partial charge in [-0.25, -0.2) is 4.79 Å². The molecule has 29 heavy (non-hydrogen) atoms. The van der Waals surface area contributed by atoms with Gasteiger partial charge in [0.2, 0.25) is 5.91 Å². The Morgan fingerprint density at radius 3 is 2.21 bits per heavy atom. The van der Waals surface area contributed by atoms with Crippen LogP contribution in [0, 0.1) is 0 Å². The van der Waals surface area contributed by atoms with Gasteiger partial charge in [-0.05, 0) is 0 Å². The van der Waals surface area contributed by atoms with Crippen LogP contribution >= 0.6 is 0 Å². The molecule has 0 saturated carbocycles. The largest absolute Gasteiger partial charge is 0.463 e.